The largest absolute Gasteiger partial charge is 0.462 e. The summed E-state index contributed by atoms with van der Waals surface area (Å²) in [6.45, 7) is 6.51. The van der Waals surface area contributed by atoms with Gasteiger partial charge in [-0.25, -0.2) is 0 Å². The van der Waals surface area contributed by atoms with Gasteiger partial charge in [-0.3, -0.25) is 14.4 Å². The fraction of sp³-hybridized carbons (Fsp3) is 0.776. The lowest BCUT2D eigenvalue weighted by Gasteiger charge is -2.18. The lowest BCUT2D eigenvalue weighted by molar-refractivity contribution is -0.166. The maximum absolute atomic E-state index is 12.9. The van der Waals surface area contributed by atoms with Crippen LogP contribution in [-0.2, 0) is 28.6 Å². The summed E-state index contributed by atoms with van der Waals surface area (Å²) < 4.78 is 16.9. The Hall–Kier alpha value is -3.41. The third-order valence-electron chi connectivity index (χ3n) is 15.6. The summed E-state index contributed by atoms with van der Waals surface area (Å²) in [5.41, 5.74) is 0. The predicted molar refractivity (Wildman–Crippen MR) is 358 cm³/mol. The molecule has 0 heterocycles. The highest BCUT2D eigenvalue weighted by Crippen LogP contribution is 2.18. The van der Waals surface area contributed by atoms with Crippen LogP contribution in [0.4, 0.5) is 0 Å². The van der Waals surface area contributed by atoms with Gasteiger partial charge in [-0.05, 0) is 83.5 Å². The molecule has 1 unspecified atom stereocenters. The van der Waals surface area contributed by atoms with E-state index in [1.165, 1.54) is 231 Å². The molecule has 0 aliphatic carbocycles. The zero-order valence-electron chi connectivity index (χ0n) is 54.5. The highest BCUT2D eigenvalue weighted by molar-refractivity contribution is 5.71. The third-order valence-corrected chi connectivity index (χ3v) is 15.6. The van der Waals surface area contributed by atoms with E-state index in [9.17, 15) is 14.4 Å². The van der Waals surface area contributed by atoms with E-state index in [1.54, 1.807) is 0 Å². The first-order valence-corrected chi connectivity index (χ1v) is 35.6. The molecule has 0 spiro atoms. The maximum atomic E-state index is 12.9. The molecule has 6 nitrogen and oxygen atoms in total. The van der Waals surface area contributed by atoms with E-state index in [-0.39, 0.29) is 37.5 Å². The number of allylic oxidation sites excluding steroid dienone is 14. The van der Waals surface area contributed by atoms with E-state index in [1.807, 2.05) is 6.08 Å². The zero-order chi connectivity index (χ0) is 59.2. The number of esters is 3. The molecular weight excluding hydrogens is 1010 g/mol. The summed E-state index contributed by atoms with van der Waals surface area (Å²) in [5.74, 6) is -0.983. The molecule has 0 aliphatic heterocycles. The summed E-state index contributed by atoms with van der Waals surface area (Å²) in [4.78, 5) is 38.4. The minimum atomic E-state index is -0.821. The Kier molecular flexibility index (Phi) is 67.2. The predicted octanol–water partition coefficient (Wildman–Crippen LogP) is 24.6. The molecule has 0 fully saturated rings. The first kappa shape index (κ1) is 78.6. The van der Waals surface area contributed by atoms with E-state index in [0.717, 1.165) is 83.5 Å². The van der Waals surface area contributed by atoms with Gasteiger partial charge in [0.15, 0.2) is 6.10 Å². The molecule has 6 heteroatoms. The molecule has 0 radical (unpaired) electrons. The average molecular weight is 1140 g/mol. The molecule has 0 bridgehead atoms. The van der Waals surface area contributed by atoms with Crippen LogP contribution in [-0.4, -0.2) is 37.2 Å². The van der Waals surface area contributed by atoms with Gasteiger partial charge in [0.2, 0.25) is 0 Å². The Morgan fingerprint density at radius 1 is 0.256 bits per heavy atom. The molecule has 0 saturated carbocycles. The monoisotopic (exact) mass is 1140 g/mol. The molecule has 0 aliphatic rings. The molecule has 0 aromatic carbocycles. The molecule has 474 valence electrons. The molecule has 1 atom stereocenters. The van der Waals surface area contributed by atoms with E-state index in [4.69, 9.17) is 14.2 Å². The van der Waals surface area contributed by atoms with Gasteiger partial charge in [-0.1, -0.05) is 343 Å². The molecule has 82 heavy (non-hydrogen) atoms. The van der Waals surface area contributed by atoms with Crippen molar-refractivity contribution in [3.05, 3.63) is 85.1 Å². The summed E-state index contributed by atoms with van der Waals surface area (Å²) in [7, 11) is 0. The molecule has 0 amide bonds. The smallest absolute Gasteiger partial charge is 0.306 e. The van der Waals surface area contributed by atoms with Crippen LogP contribution in [0.1, 0.15) is 361 Å². The minimum Gasteiger partial charge on any atom is -0.462 e. The van der Waals surface area contributed by atoms with Crippen molar-refractivity contribution < 1.29 is 28.6 Å². The molecule has 0 aromatic heterocycles. The van der Waals surface area contributed by atoms with Gasteiger partial charge in [0.25, 0.3) is 0 Å². The van der Waals surface area contributed by atoms with Crippen molar-refractivity contribution in [2.75, 3.05) is 13.2 Å². The SMILES string of the molecule is CC/C=C\C/C=C\C/C=C\C/C=C\C/C=C\C/C=C\CCC(=O)OC(COC(=O)CCCCCCC/C=C\CCCCCCCCC)COC(=O)CCCCCCCCCCCCCCCCCCCCCCCCCCCCCCC. The Balaban J connectivity index is 4.32. The number of carbonyl (C=O) groups excluding carboxylic acids is 3. The van der Waals surface area contributed by atoms with Gasteiger partial charge >= 0.3 is 17.9 Å². The van der Waals surface area contributed by atoms with Gasteiger partial charge in [-0.2, -0.15) is 0 Å². The van der Waals surface area contributed by atoms with E-state index in [0.29, 0.717) is 19.3 Å². The first-order valence-electron chi connectivity index (χ1n) is 35.6. The summed E-state index contributed by atoms with van der Waals surface area (Å²) in [6, 6.07) is 0. The van der Waals surface area contributed by atoms with Gasteiger partial charge in [-0.15, -0.1) is 0 Å². The second-order valence-corrected chi connectivity index (χ2v) is 23.8. The Bertz CT molecular complexity index is 1550. The highest BCUT2D eigenvalue weighted by atomic mass is 16.6. The van der Waals surface area contributed by atoms with Crippen LogP contribution < -0.4 is 0 Å². The number of unbranched alkanes of at least 4 members (excludes halogenated alkanes) is 40. The zero-order valence-corrected chi connectivity index (χ0v) is 54.5. The molecule has 0 N–H and O–H groups in total. The number of hydrogen-bond acceptors (Lipinski definition) is 6. The van der Waals surface area contributed by atoms with Crippen molar-refractivity contribution in [1.29, 1.82) is 0 Å². The van der Waals surface area contributed by atoms with E-state index in [2.05, 4.69) is 99.8 Å². The fourth-order valence-corrected chi connectivity index (χ4v) is 10.4. The Morgan fingerprint density at radius 2 is 0.500 bits per heavy atom. The second kappa shape index (κ2) is 70.1. The Labute approximate surface area is 509 Å². The van der Waals surface area contributed by atoms with Crippen molar-refractivity contribution in [3.8, 4) is 0 Å². The fourth-order valence-electron chi connectivity index (χ4n) is 10.4. The van der Waals surface area contributed by atoms with Crippen LogP contribution in [0.3, 0.4) is 0 Å². The summed E-state index contributed by atoms with van der Waals surface area (Å²) >= 11 is 0. The van der Waals surface area contributed by atoms with Crippen molar-refractivity contribution in [2.45, 2.75) is 367 Å². The van der Waals surface area contributed by atoms with Crippen LogP contribution in [0.25, 0.3) is 0 Å². The van der Waals surface area contributed by atoms with E-state index >= 15 is 0 Å². The first-order chi connectivity index (χ1) is 40.5. The number of rotatable bonds is 65. The third kappa shape index (κ3) is 67.4. The Morgan fingerprint density at radius 3 is 0.793 bits per heavy atom. The van der Waals surface area contributed by atoms with Crippen LogP contribution in [0.2, 0.25) is 0 Å². The number of hydrogen-bond donors (Lipinski definition) is 0. The lowest BCUT2D eigenvalue weighted by atomic mass is 10.0. The van der Waals surface area contributed by atoms with Gasteiger partial charge < -0.3 is 14.2 Å². The number of carbonyl (C=O) groups is 3. The maximum Gasteiger partial charge on any atom is 0.306 e. The van der Waals surface area contributed by atoms with Crippen LogP contribution in [0.15, 0.2) is 85.1 Å². The minimum absolute atomic E-state index is 0.106. The number of ether oxygens (including phenoxy) is 3. The normalized spacial score (nSPS) is 12.6. The molecule has 0 rings (SSSR count). The van der Waals surface area contributed by atoms with Gasteiger partial charge in [0.1, 0.15) is 13.2 Å². The van der Waals surface area contributed by atoms with Crippen molar-refractivity contribution >= 4 is 17.9 Å². The van der Waals surface area contributed by atoms with Crippen molar-refractivity contribution in [2.24, 2.45) is 0 Å². The van der Waals surface area contributed by atoms with Crippen LogP contribution in [0, 0.1) is 0 Å². The van der Waals surface area contributed by atoms with Crippen molar-refractivity contribution in [1.82, 2.24) is 0 Å². The molecule has 0 saturated heterocycles. The van der Waals surface area contributed by atoms with E-state index < -0.39 is 6.10 Å². The topological polar surface area (TPSA) is 78.9 Å². The molecular formula is C76H134O6. The molecule has 0 aromatic rings. The summed E-state index contributed by atoms with van der Waals surface area (Å²) in [6.07, 6.45) is 93.5. The summed E-state index contributed by atoms with van der Waals surface area (Å²) in [5, 5.41) is 0. The van der Waals surface area contributed by atoms with Gasteiger partial charge in [0, 0.05) is 19.3 Å². The lowest BCUT2D eigenvalue weighted by Crippen LogP contribution is -2.30. The average Bonchev–Trinajstić information content (AvgIpc) is 3.47. The van der Waals surface area contributed by atoms with Crippen LogP contribution in [0.5, 0.6) is 0 Å². The van der Waals surface area contributed by atoms with Crippen molar-refractivity contribution in [3.63, 3.8) is 0 Å². The highest BCUT2D eigenvalue weighted by Gasteiger charge is 2.19. The standard InChI is InChI=1S/C76H134O6/c1-4-7-10-13-16-19-22-25-28-31-33-34-35-36-37-38-39-40-41-42-44-45-48-51-54-57-60-63-66-69-75(78)81-72-73(71-80-74(77)68-65-62-59-56-53-50-47-30-27-24-21-18-15-12-9-6-3)82-76(79)70-67-64-61-58-55-52-49-46-43-32-29-26-23-20-17-14-11-8-5-2/h8,11,17,20,26,29-30,43,46-47,52,55,61,64,73H,4-7,9-10,12-16,18-19,21-25,27-28,31-42,44-45,48-51,53-54,56-60,62-63,65-72H2,1-3H3/b11-8-,20-17-,29-26-,46-43-,47-30-,55-52-,64-61-. The van der Waals surface area contributed by atoms with Crippen LogP contribution >= 0.6 is 0 Å². The van der Waals surface area contributed by atoms with Gasteiger partial charge in [0.05, 0.1) is 0 Å². The quantitative estimate of drug-likeness (QED) is 0.0261. The second-order valence-electron chi connectivity index (χ2n) is 23.8.